The fourth-order valence-electron chi connectivity index (χ4n) is 4.20. The summed E-state index contributed by atoms with van der Waals surface area (Å²) in [4.78, 5) is 15.0. The molecule has 3 nitrogen and oxygen atoms in total. The second-order valence-corrected chi connectivity index (χ2v) is 7.23. The fourth-order valence-corrected chi connectivity index (χ4v) is 4.20. The topological polar surface area (TPSA) is 29.5 Å². The standard InChI is InChI=1S/C22H31NO2/c1-2-22(24)20-14-13-19-11-6-7-15-23(19)21(20)12-8-16-25-17-18-9-4-3-5-10-18/h3-5,9-10,19H,2,6-8,11-17H2,1H3. The number of nitrogens with zero attached hydrogens (tertiary/aromatic N) is 1. The quantitative estimate of drug-likeness (QED) is 0.632. The van der Waals surface area contributed by atoms with E-state index in [1.54, 1.807) is 0 Å². The number of hydrogen-bond acceptors (Lipinski definition) is 3. The molecule has 1 fully saturated rings. The number of carbonyl (C=O) groups excluding carboxylic acids is 1. The molecule has 136 valence electrons. The maximum Gasteiger partial charge on any atom is 0.160 e. The first kappa shape index (κ1) is 18.2. The van der Waals surface area contributed by atoms with Gasteiger partial charge in [0, 0.05) is 36.9 Å². The monoisotopic (exact) mass is 341 g/mol. The highest BCUT2D eigenvalue weighted by atomic mass is 16.5. The van der Waals surface area contributed by atoms with E-state index in [-0.39, 0.29) is 0 Å². The van der Waals surface area contributed by atoms with Gasteiger partial charge in [-0.25, -0.2) is 0 Å². The molecule has 0 radical (unpaired) electrons. The van der Waals surface area contributed by atoms with Crippen LogP contribution in [0.1, 0.15) is 63.9 Å². The van der Waals surface area contributed by atoms with E-state index in [0.717, 1.165) is 44.4 Å². The molecule has 0 bridgehead atoms. The van der Waals surface area contributed by atoms with Crippen LogP contribution in [0.25, 0.3) is 0 Å². The smallest absolute Gasteiger partial charge is 0.160 e. The van der Waals surface area contributed by atoms with Crippen LogP contribution in [0.15, 0.2) is 41.6 Å². The highest BCUT2D eigenvalue weighted by Gasteiger charge is 2.31. The van der Waals surface area contributed by atoms with Crippen molar-refractivity contribution < 1.29 is 9.53 Å². The van der Waals surface area contributed by atoms with Crippen molar-refractivity contribution in [1.82, 2.24) is 4.90 Å². The lowest BCUT2D eigenvalue weighted by Gasteiger charge is -2.43. The summed E-state index contributed by atoms with van der Waals surface area (Å²) in [7, 11) is 0. The van der Waals surface area contributed by atoms with Gasteiger partial charge in [-0.1, -0.05) is 37.3 Å². The highest BCUT2D eigenvalue weighted by Crippen LogP contribution is 2.35. The van der Waals surface area contributed by atoms with Gasteiger partial charge in [-0.05, 0) is 50.5 Å². The van der Waals surface area contributed by atoms with Gasteiger partial charge < -0.3 is 9.64 Å². The Morgan fingerprint density at radius 3 is 2.84 bits per heavy atom. The fraction of sp³-hybridized carbons (Fsp3) is 0.591. The first-order valence-corrected chi connectivity index (χ1v) is 9.93. The Labute approximate surface area is 152 Å². The predicted octanol–water partition coefficient (Wildman–Crippen LogP) is 4.86. The number of ketones is 1. The second-order valence-electron chi connectivity index (χ2n) is 7.23. The Hall–Kier alpha value is -1.61. The van der Waals surface area contributed by atoms with E-state index in [1.807, 2.05) is 25.1 Å². The average Bonchev–Trinajstić information content (AvgIpc) is 2.68. The van der Waals surface area contributed by atoms with E-state index < -0.39 is 0 Å². The molecule has 2 heterocycles. The summed E-state index contributed by atoms with van der Waals surface area (Å²) in [6.07, 6.45) is 8.63. The molecule has 0 amide bonds. The molecule has 0 N–H and O–H groups in total. The number of allylic oxidation sites excluding steroid dienone is 2. The molecule has 0 aliphatic carbocycles. The van der Waals surface area contributed by atoms with E-state index in [9.17, 15) is 4.79 Å². The summed E-state index contributed by atoms with van der Waals surface area (Å²) in [5.74, 6) is 0.351. The Bertz CT molecular complexity index is 593. The molecule has 1 atom stereocenters. The van der Waals surface area contributed by atoms with Crippen LogP contribution in [0.3, 0.4) is 0 Å². The molecular weight excluding hydrogens is 310 g/mol. The summed E-state index contributed by atoms with van der Waals surface area (Å²) >= 11 is 0. The van der Waals surface area contributed by atoms with Gasteiger partial charge in [0.15, 0.2) is 5.78 Å². The van der Waals surface area contributed by atoms with Crippen LogP contribution in [0.2, 0.25) is 0 Å². The molecule has 3 rings (SSSR count). The molecule has 25 heavy (non-hydrogen) atoms. The summed E-state index contributed by atoms with van der Waals surface area (Å²) < 4.78 is 5.84. The molecule has 0 spiro atoms. The Kier molecular flexibility index (Phi) is 6.69. The maximum absolute atomic E-state index is 12.4. The number of piperidine rings is 1. The number of carbonyl (C=O) groups is 1. The molecule has 1 aromatic carbocycles. The number of fused-ring (bicyclic) bond motifs is 1. The average molecular weight is 341 g/mol. The highest BCUT2D eigenvalue weighted by molar-refractivity contribution is 5.95. The van der Waals surface area contributed by atoms with Gasteiger partial charge in [0.25, 0.3) is 0 Å². The lowest BCUT2D eigenvalue weighted by Crippen LogP contribution is -2.42. The minimum absolute atomic E-state index is 0.351. The van der Waals surface area contributed by atoms with Crippen molar-refractivity contribution in [2.75, 3.05) is 13.2 Å². The van der Waals surface area contributed by atoms with Crippen molar-refractivity contribution in [1.29, 1.82) is 0 Å². The van der Waals surface area contributed by atoms with Gasteiger partial charge in [0.2, 0.25) is 0 Å². The van der Waals surface area contributed by atoms with Crippen LogP contribution >= 0.6 is 0 Å². The second kappa shape index (κ2) is 9.19. The van der Waals surface area contributed by atoms with Gasteiger partial charge in [-0.3, -0.25) is 4.79 Å². The minimum atomic E-state index is 0.351. The third-order valence-electron chi connectivity index (χ3n) is 5.52. The van der Waals surface area contributed by atoms with Crippen LogP contribution < -0.4 is 0 Å². The third-order valence-corrected chi connectivity index (χ3v) is 5.52. The van der Waals surface area contributed by atoms with E-state index in [1.165, 1.54) is 30.5 Å². The molecule has 0 saturated carbocycles. The molecule has 3 heteroatoms. The summed E-state index contributed by atoms with van der Waals surface area (Å²) in [5.41, 5.74) is 3.67. The van der Waals surface area contributed by atoms with Crippen LogP contribution in [0, 0.1) is 0 Å². The van der Waals surface area contributed by atoms with E-state index in [4.69, 9.17) is 4.74 Å². The van der Waals surface area contributed by atoms with Crippen molar-refractivity contribution in [3.63, 3.8) is 0 Å². The number of Topliss-reactive ketones (excluding diaryl/α,β-unsaturated/α-hetero) is 1. The lowest BCUT2D eigenvalue weighted by atomic mass is 9.86. The van der Waals surface area contributed by atoms with Gasteiger partial charge in [0.05, 0.1) is 6.61 Å². The minimum Gasteiger partial charge on any atom is -0.377 e. The molecule has 1 saturated heterocycles. The van der Waals surface area contributed by atoms with Gasteiger partial charge >= 0.3 is 0 Å². The van der Waals surface area contributed by atoms with Crippen molar-refractivity contribution in [2.45, 2.75) is 70.9 Å². The molecule has 1 aromatic rings. The van der Waals surface area contributed by atoms with Crippen LogP contribution in [0.5, 0.6) is 0 Å². The summed E-state index contributed by atoms with van der Waals surface area (Å²) in [6.45, 7) is 4.54. The zero-order valence-electron chi connectivity index (χ0n) is 15.5. The molecule has 1 unspecified atom stereocenters. The normalized spacial score (nSPS) is 20.5. The van der Waals surface area contributed by atoms with Crippen LogP contribution in [-0.2, 0) is 16.1 Å². The third kappa shape index (κ3) is 4.72. The number of hydrogen-bond donors (Lipinski definition) is 0. The number of ether oxygens (including phenoxy) is 1. The molecule has 0 aromatic heterocycles. The Balaban J connectivity index is 1.56. The van der Waals surface area contributed by atoms with Gasteiger partial charge in [-0.2, -0.15) is 0 Å². The first-order valence-electron chi connectivity index (χ1n) is 9.93. The molecule has 2 aliphatic heterocycles. The molecular formula is C22H31NO2. The van der Waals surface area contributed by atoms with Gasteiger partial charge in [-0.15, -0.1) is 0 Å². The van der Waals surface area contributed by atoms with Crippen LogP contribution in [0.4, 0.5) is 0 Å². The molecule has 2 aliphatic rings. The van der Waals surface area contributed by atoms with E-state index in [0.29, 0.717) is 24.9 Å². The number of rotatable bonds is 8. The first-order chi connectivity index (χ1) is 12.3. The van der Waals surface area contributed by atoms with Gasteiger partial charge in [0.1, 0.15) is 0 Å². The zero-order valence-corrected chi connectivity index (χ0v) is 15.5. The summed E-state index contributed by atoms with van der Waals surface area (Å²) in [5, 5.41) is 0. The van der Waals surface area contributed by atoms with Crippen LogP contribution in [-0.4, -0.2) is 29.9 Å². The van der Waals surface area contributed by atoms with E-state index >= 15 is 0 Å². The Morgan fingerprint density at radius 2 is 2.04 bits per heavy atom. The SMILES string of the molecule is CCC(=O)C1=C(CCCOCc2ccccc2)N2CCCCC2CC1. The summed E-state index contributed by atoms with van der Waals surface area (Å²) in [6, 6.07) is 11.0. The van der Waals surface area contributed by atoms with Crippen molar-refractivity contribution >= 4 is 5.78 Å². The predicted molar refractivity (Wildman–Crippen MR) is 101 cm³/mol. The Morgan fingerprint density at radius 1 is 1.20 bits per heavy atom. The maximum atomic E-state index is 12.4. The largest absolute Gasteiger partial charge is 0.377 e. The lowest BCUT2D eigenvalue weighted by molar-refractivity contribution is -0.115. The van der Waals surface area contributed by atoms with E-state index in [2.05, 4.69) is 17.0 Å². The zero-order chi connectivity index (χ0) is 17.5. The van der Waals surface area contributed by atoms with Crippen molar-refractivity contribution in [3.8, 4) is 0 Å². The van der Waals surface area contributed by atoms with Crippen molar-refractivity contribution in [3.05, 3.63) is 47.2 Å². The van der Waals surface area contributed by atoms with Crippen molar-refractivity contribution in [2.24, 2.45) is 0 Å². The number of benzene rings is 1.